The standard InChI is InChI=1S/C21H22FN5O2S/c1-13-8-10-15(11-9-13)20(29)23-14(2)19-25-26-21(27(19)3)30-12-18(28)24-17-7-5-4-6-16(17)22/h4-11,14H,12H2,1-3H3,(H,23,29)(H,24,28)/t14-/m1/s1. The Bertz CT molecular complexity index is 1050. The van der Waals surface area contributed by atoms with E-state index in [1.54, 1.807) is 35.9 Å². The van der Waals surface area contributed by atoms with Crippen LogP contribution in [0, 0.1) is 12.7 Å². The first-order valence-electron chi connectivity index (χ1n) is 9.29. The van der Waals surface area contributed by atoms with Gasteiger partial charge in [0.2, 0.25) is 5.91 Å². The molecular formula is C21H22FN5O2S. The molecule has 2 amide bonds. The molecule has 0 aliphatic carbocycles. The van der Waals surface area contributed by atoms with Gasteiger partial charge in [-0.2, -0.15) is 0 Å². The van der Waals surface area contributed by atoms with Crippen molar-refractivity contribution in [2.24, 2.45) is 7.05 Å². The molecule has 0 saturated heterocycles. The number of thioether (sulfide) groups is 1. The molecule has 7 nitrogen and oxygen atoms in total. The molecule has 1 heterocycles. The zero-order valence-electron chi connectivity index (χ0n) is 16.8. The van der Waals surface area contributed by atoms with E-state index in [-0.39, 0.29) is 29.3 Å². The Balaban J connectivity index is 1.58. The van der Waals surface area contributed by atoms with E-state index in [0.717, 1.165) is 5.56 Å². The molecule has 0 aliphatic rings. The number of nitrogens with one attached hydrogen (secondary N) is 2. The number of rotatable bonds is 7. The van der Waals surface area contributed by atoms with Crippen LogP contribution in [0.2, 0.25) is 0 Å². The van der Waals surface area contributed by atoms with Gasteiger partial charge in [0.15, 0.2) is 11.0 Å². The van der Waals surface area contributed by atoms with Gasteiger partial charge in [-0.15, -0.1) is 10.2 Å². The SMILES string of the molecule is Cc1ccc(C(=O)N[C@H](C)c2nnc(SCC(=O)Nc3ccccc3F)n2C)cc1. The van der Waals surface area contributed by atoms with Gasteiger partial charge in [0.1, 0.15) is 5.82 Å². The van der Waals surface area contributed by atoms with Gasteiger partial charge in [-0.05, 0) is 38.1 Å². The van der Waals surface area contributed by atoms with Crippen LogP contribution in [0.1, 0.15) is 34.7 Å². The minimum absolute atomic E-state index is 0.0460. The monoisotopic (exact) mass is 427 g/mol. The van der Waals surface area contributed by atoms with E-state index < -0.39 is 5.82 Å². The Kier molecular flexibility index (Phi) is 6.83. The van der Waals surface area contributed by atoms with E-state index in [1.165, 1.54) is 23.9 Å². The van der Waals surface area contributed by atoms with E-state index in [0.29, 0.717) is 16.5 Å². The van der Waals surface area contributed by atoms with Crippen molar-refractivity contribution in [2.45, 2.75) is 25.0 Å². The van der Waals surface area contributed by atoms with Crippen molar-refractivity contribution in [3.63, 3.8) is 0 Å². The van der Waals surface area contributed by atoms with Crippen molar-refractivity contribution in [1.82, 2.24) is 20.1 Å². The number of hydrogen-bond acceptors (Lipinski definition) is 5. The predicted molar refractivity (Wildman–Crippen MR) is 114 cm³/mol. The van der Waals surface area contributed by atoms with Gasteiger partial charge in [-0.1, -0.05) is 41.6 Å². The molecule has 0 bridgehead atoms. The first-order valence-corrected chi connectivity index (χ1v) is 10.3. The maximum atomic E-state index is 13.6. The number of aromatic nitrogens is 3. The van der Waals surface area contributed by atoms with Crippen LogP contribution in [-0.2, 0) is 11.8 Å². The second-order valence-electron chi connectivity index (χ2n) is 6.78. The molecule has 30 heavy (non-hydrogen) atoms. The number of para-hydroxylation sites is 1. The molecule has 9 heteroatoms. The third kappa shape index (κ3) is 5.24. The van der Waals surface area contributed by atoms with Gasteiger partial charge in [-0.3, -0.25) is 9.59 Å². The van der Waals surface area contributed by atoms with Gasteiger partial charge < -0.3 is 15.2 Å². The molecule has 1 aromatic heterocycles. The number of nitrogens with zero attached hydrogens (tertiary/aromatic N) is 3. The summed E-state index contributed by atoms with van der Waals surface area (Å²) < 4.78 is 15.4. The fourth-order valence-electron chi connectivity index (χ4n) is 2.76. The highest BCUT2D eigenvalue weighted by Crippen LogP contribution is 2.20. The van der Waals surface area contributed by atoms with Crippen LogP contribution >= 0.6 is 11.8 Å². The smallest absolute Gasteiger partial charge is 0.251 e. The van der Waals surface area contributed by atoms with Crippen molar-refractivity contribution in [2.75, 3.05) is 11.1 Å². The summed E-state index contributed by atoms with van der Waals surface area (Å²) >= 11 is 1.18. The lowest BCUT2D eigenvalue weighted by atomic mass is 10.1. The minimum atomic E-state index is -0.491. The van der Waals surface area contributed by atoms with Crippen LogP contribution < -0.4 is 10.6 Å². The number of carbonyl (C=O) groups excluding carboxylic acids is 2. The van der Waals surface area contributed by atoms with Crippen molar-refractivity contribution in [1.29, 1.82) is 0 Å². The zero-order chi connectivity index (χ0) is 21.7. The van der Waals surface area contributed by atoms with Crippen molar-refractivity contribution >= 4 is 29.3 Å². The van der Waals surface area contributed by atoms with E-state index in [9.17, 15) is 14.0 Å². The van der Waals surface area contributed by atoms with E-state index >= 15 is 0 Å². The molecule has 3 aromatic rings. The van der Waals surface area contributed by atoms with Crippen LogP contribution in [0.3, 0.4) is 0 Å². The lowest BCUT2D eigenvalue weighted by Crippen LogP contribution is -2.28. The number of benzene rings is 2. The summed E-state index contributed by atoms with van der Waals surface area (Å²) in [5, 5.41) is 14.2. The molecule has 0 spiro atoms. The summed E-state index contributed by atoms with van der Waals surface area (Å²) in [6, 6.07) is 12.9. The molecule has 2 N–H and O–H groups in total. The molecule has 0 aliphatic heterocycles. The largest absolute Gasteiger partial charge is 0.342 e. The Hall–Kier alpha value is -3.20. The van der Waals surface area contributed by atoms with Crippen LogP contribution in [0.4, 0.5) is 10.1 Å². The third-order valence-electron chi connectivity index (χ3n) is 4.40. The lowest BCUT2D eigenvalue weighted by molar-refractivity contribution is -0.113. The van der Waals surface area contributed by atoms with Gasteiger partial charge in [0, 0.05) is 12.6 Å². The van der Waals surface area contributed by atoms with Gasteiger partial charge >= 0.3 is 0 Å². The zero-order valence-corrected chi connectivity index (χ0v) is 17.7. The summed E-state index contributed by atoms with van der Waals surface area (Å²) in [4.78, 5) is 24.5. The lowest BCUT2D eigenvalue weighted by Gasteiger charge is -2.13. The number of aryl methyl sites for hydroxylation is 1. The van der Waals surface area contributed by atoms with Crippen molar-refractivity contribution < 1.29 is 14.0 Å². The Labute approximate surface area is 178 Å². The summed E-state index contributed by atoms with van der Waals surface area (Å²) in [5.41, 5.74) is 1.77. The summed E-state index contributed by atoms with van der Waals surface area (Å²) in [7, 11) is 1.76. The number of halogens is 1. The van der Waals surface area contributed by atoms with Gasteiger partial charge in [0.25, 0.3) is 5.91 Å². The first-order chi connectivity index (χ1) is 14.3. The Morgan fingerprint density at radius 3 is 2.53 bits per heavy atom. The fourth-order valence-corrected chi connectivity index (χ4v) is 3.48. The van der Waals surface area contributed by atoms with Crippen LogP contribution in [0.15, 0.2) is 53.7 Å². The highest BCUT2D eigenvalue weighted by Gasteiger charge is 2.19. The minimum Gasteiger partial charge on any atom is -0.342 e. The maximum absolute atomic E-state index is 13.6. The van der Waals surface area contributed by atoms with Gasteiger partial charge in [-0.25, -0.2) is 4.39 Å². The van der Waals surface area contributed by atoms with Crippen LogP contribution in [-0.4, -0.2) is 32.3 Å². The number of amides is 2. The topological polar surface area (TPSA) is 88.9 Å². The fraction of sp³-hybridized carbons (Fsp3) is 0.238. The molecule has 0 fully saturated rings. The first kappa shape index (κ1) is 21.5. The molecule has 156 valence electrons. The van der Waals surface area contributed by atoms with E-state index in [4.69, 9.17) is 0 Å². The van der Waals surface area contributed by atoms with Crippen molar-refractivity contribution in [3.05, 3.63) is 71.3 Å². The quantitative estimate of drug-likeness (QED) is 0.564. The van der Waals surface area contributed by atoms with Gasteiger partial charge in [0.05, 0.1) is 17.5 Å². The number of hydrogen-bond donors (Lipinski definition) is 2. The molecule has 0 unspecified atom stereocenters. The van der Waals surface area contributed by atoms with E-state index in [1.807, 2.05) is 26.0 Å². The molecule has 0 radical (unpaired) electrons. The number of anilines is 1. The van der Waals surface area contributed by atoms with Crippen LogP contribution in [0.25, 0.3) is 0 Å². The third-order valence-corrected chi connectivity index (χ3v) is 5.42. The molecule has 0 saturated carbocycles. The highest BCUT2D eigenvalue weighted by molar-refractivity contribution is 7.99. The summed E-state index contributed by atoms with van der Waals surface area (Å²) in [6.07, 6.45) is 0. The molecule has 2 aromatic carbocycles. The maximum Gasteiger partial charge on any atom is 0.251 e. The second-order valence-corrected chi connectivity index (χ2v) is 7.72. The van der Waals surface area contributed by atoms with Crippen molar-refractivity contribution in [3.8, 4) is 0 Å². The van der Waals surface area contributed by atoms with Crippen LogP contribution in [0.5, 0.6) is 0 Å². The average Bonchev–Trinajstić information content (AvgIpc) is 3.09. The average molecular weight is 428 g/mol. The normalized spacial score (nSPS) is 11.7. The highest BCUT2D eigenvalue weighted by atomic mass is 32.2. The summed E-state index contributed by atoms with van der Waals surface area (Å²) in [5.74, 6) is -0.438. The summed E-state index contributed by atoms with van der Waals surface area (Å²) in [6.45, 7) is 3.77. The predicted octanol–water partition coefficient (Wildman–Crippen LogP) is 3.48. The molecule has 3 rings (SSSR count). The van der Waals surface area contributed by atoms with E-state index in [2.05, 4.69) is 20.8 Å². The Morgan fingerprint density at radius 1 is 1.13 bits per heavy atom. The Morgan fingerprint density at radius 2 is 1.83 bits per heavy atom. The number of carbonyl (C=O) groups is 2. The molecule has 1 atom stereocenters. The molecular weight excluding hydrogens is 405 g/mol. The second kappa shape index (κ2) is 9.53.